The number of carbonyl (C=O) groups excluding carboxylic acids is 2. The minimum Gasteiger partial charge on any atom is -0.354 e. The zero-order chi connectivity index (χ0) is 23.5. The van der Waals surface area contributed by atoms with Crippen LogP contribution in [-0.4, -0.2) is 50.2 Å². The molecule has 2 aromatic carbocycles. The number of benzene rings is 2. The second-order valence-electron chi connectivity index (χ2n) is 7.66. The van der Waals surface area contributed by atoms with Gasteiger partial charge in [0, 0.05) is 43.7 Å². The maximum atomic E-state index is 12.9. The lowest BCUT2D eigenvalue weighted by molar-refractivity contribution is -0.125. The molecule has 0 unspecified atom stereocenters. The van der Waals surface area contributed by atoms with Crippen molar-refractivity contribution in [2.45, 2.75) is 44.6 Å². The van der Waals surface area contributed by atoms with Crippen molar-refractivity contribution in [2.75, 3.05) is 24.5 Å². The van der Waals surface area contributed by atoms with E-state index in [-0.39, 0.29) is 23.1 Å². The summed E-state index contributed by atoms with van der Waals surface area (Å²) < 4.78 is 27.1. The zero-order valence-electron chi connectivity index (χ0n) is 18.5. The fourth-order valence-electron chi connectivity index (χ4n) is 4.00. The quantitative estimate of drug-likeness (QED) is 0.633. The Labute approximate surface area is 194 Å². The normalized spacial score (nSPS) is 15.7. The number of fused-ring (bicyclic) bond motifs is 1. The van der Waals surface area contributed by atoms with Crippen LogP contribution in [0.4, 0.5) is 5.69 Å². The molecule has 0 fully saturated rings. The number of hydrogen-bond donors (Lipinski definition) is 1. The molecule has 7 nitrogen and oxygen atoms in total. The van der Waals surface area contributed by atoms with Crippen LogP contribution >= 0.6 is 11.6 Å². The molecule has 1 N–H and O–H groups in total. The highest BCUT2D eigenvalue weighted by Gasteiger charge is 2.37. The summed E-state index contributed by atoms with van der Waals surface area (Å²) in [6.45, 7) is 6.14. The molecule has 1 heterocycles. The van der Waals surface area contributed by atoms with E-state index in [4.69, 9.17) is 11.6 Å². The first-order chi connectivity index (χ1) is 15.2. The van der Waals surface area contributed by atoms with E-state index in [9.17, 15) is 18.0 Å². The number of anilines is 1. The van der Waals surface area contributed by atoms with Gasteiger partial charge in [-0.15, -0.1) is 0 Å². The Morgan fingerprint density at radius 3 is 2.38 bits per heavy atom. The predicted octanol–water partition coefficient (Wildman–Crippen LogP) is 3.01. The van der Waals surface area contributed by atoms with Crippen LogP contribution in [0.25, 0.3) is 0 Å². The average Bonchev–Trinajstić information content (AvgIpc) is 3.15. The van der Waals surface area contributed by atoms with Crippen molar-refractivity contribution in [1.29, 1.82) is 0 Å². The van der Waals surface area contributed by atoms with Crippen molar-refractivity contribution in [2.24, 2.45) is 0 Å². The van der Waals surface area contributed by atoms with Crippen molar-refractivity contribution < 1.29 is 18.0 Å². The lowest BCUT2D eigenvalue weighted by Gasteiger charge is -2.23. The maximum absolute atomic E-state index is 12.9. The van der Waals surface area contributed by atoms with Gasteiger partial charge >= 0.3 is 0 Å². The predicted molar refractivity (Wildman–Crippen MR) is 125 cm³/mol. The van der Waals surface area contributed by atoms with Crippen molar-refractivity contribution in [1.82, 2.24) is 9.62 Å². The van der Waals surface area contributed by atoms with E-state index in [2.05, 4.69) is 5.32 Å². The van der Waals surface area contributed by atoms with Crippen LogP contribution in [0.5, 0.6) is 0 Å². The van der Waals surface area contributed by atoms with Gasteiger partial charge < -0.3 is 5.32 Å². The smallest absolute Gasteiger partial charge is 0.243 e. The Hall–Kier alpha value is -2.42. The molecule has 32 heavy (non-hydrogen) atoms. The number of nitrogens with one attached hydrogen (secondary N) is 1. The Balaban J connectivity index is 1.76. The van der Waals surface area contributed by atoms with Gasteiger partial charge in [-0.1, -0.05) is 37.6 Å². The Bertz CT molecular complexity index is 1100. The molecule has 1 aliphatic rings. The van der Waals surface area contributed by atoms with Crippen LogP contribution in [0.15, 0.2) is 47.4 Å². The lowest BCUT2D eigenvalue weighted by atomic mass is 10.1. The van der Waals surface area contributed by atoms with Crippen LogP contribution < -0.4 is 10.2 Å². The molecule has 172 valence electrons. The second-order valence-corrected chi connectivity index (χ2v) is 10.0. The third-order valence-corrected chi connectivity index (χ3v) is 7.94. The molecule has 1 aliphatic heterocycles. The minimum atomic E-state index is -3.63. The maximum Gasteiger partial charge on any atom is 0.243 e. The zero-order valence-corrected chi connectivity index (χ0v) is 20.0. The first-order valence-electron chi connectivity index (χ1n) is 10.6. The van der Waals surface area contributed by atoms with Crippen LogP contribution in [0.1, 0.15) is 31.9 Å². The molecule has 0 aliphatic carbocycles. The lowest BCUT2D eigenvalue weighted by Crippen LogP contribution is -2.47. The third kappa shape index (κ3) is 4.98. The Morgan fingerprint density at radius 2 is 1.78 bits per heavy atom. The number of carbonyl (C=O) groups is 2. The van der Waals surface area contributed by atoms with E-state index in [0.29, 0.717) is 42.3 Å². The molecular weight excluding hydrogens is 450 g/mol. The fraction of sp³-hybridized carbons (Fsp3) is 0.391. The molecule has 0 bridgehead atoms. The fourth-order valence-corrected chi connectivity index (χ4v) is 5.63. The molecule has 3 rings (SSSR count). The SMILES string of the molecule is CCN(CC)S(=O)(=O)c1ccc2c(c1)C[C@H](C(=O)NCCc1ccc(Cl)cc1)N2C(C)=O. The number of amides is 2. The third-order valence-electron chi connectivity index (χ3n) is 5.65. The summed E-state index contributed by atoms with van der Waals surface area (Å²) in [6, 6.07) is 11.4. The molecule has 9 heteroatoms. The van der Waals surface area contributed by atoms with E-state index < -0.39 is 16.1 Å². The van der Waals surface area contributed by atoms with E-state index in [1.807, 2.05) is 12.1 Å². The van der Waals surface area contributed by atoms with Gasteiger partial charge in [0.25, 0.3) is 0 Å². The monoisotopic (exact) mass is 477 g/mol. The topological polar surface area (TPSA) is 86.8 Å². The number of hydrogen-bond acceptors (Lipinski definition) is 4. The van der Waals surface area contributed by atoms with Gasteiger partial charge in [0.1, 0.15) is 6.04 Å². The largest absolute Gasteiger partial charge is 0.354 e. The highest BCUT2D eigenvalue weighted by Crippen LogP contribution is 2.34. The summed E-state index contributed by atoms with van der Waals surface area (Å²) in [6.07, 6.45) is 0.901. The summed E-state index contributed by atoms with van der Waals surface area (Å²) in [5, 5.41) is 3.55. The number of sulfonamides is 1. The van der Waals surface area contributed by atoms with Gasteiger partial charge in [0.15, 0.2) is 0 Å². The number of nitrogens with zero attached hydrogens (tertiary/aromatic N) is 2. The van der Waals surface area contributed by atoms with Gasteiger partial charge in [-0.2, -0.15) is 4.31 Å². The molecule has 1 atom stereocenters. The molecular formula is C23H28ClN3O4S. The summed E-state index contributed by atoms with van der Waals surface area (Å²) in [5.74, 6) is -0.528. The highest BCUT2D eigenvalue weighted by molar-refractivity contribution is 7.89. The van der Waals surface area contributed by atoms with Crippen molar-refractivity contribution >= 4 is 39.1 Å². The second kappa shape index (κ2) is 10.0. The van der Waals surface area contributed by atoms with E-state index in [1.165, 1.54) is 22.2 Å². The van der Waals surface area contributed by atoms with Crippen LogP contribution in [0.3, 0.4) is 0 Å². The molecule has 2 aromatic rings. The summed E-state index contributed by atoms with van der Waals surface area (Å²) in [4.78, 5) is 26.9. The van der Waals surface area contributed by atoms with Gasteiger partial charge in [0.2, 0.25) is 21.8 Å². The van der Waals surface area contributed by atoms with E-state index in [0.717, 1.165) is 5.56 Å². The molecule has 0 spiro atoms. The first kappa shape index (κ1) is 24.2. The molecule has 0 radical (unpaired) electrons. The van der Waals surface area contributed by atoms with Crippen LogP contribution in [-0.2, 0) is 32.5 Å². The molecule has 0 saturated carbocycles. The summed E-state index contributed by atoms with van der Waals surface area (Å²) in [5.41, 5.74) is 2.29. The van der Waals surface area contributed by atoms with Gasteiger partial charge in [0.05, 0.1) is 4.90 Å². The number of rotatable bonds is 8. The van der Waals surface area contributed by atoms with E-state index >= 15 is 0 Å². The molecule has 0 saturated heterocycles. The standard InChI is InChI=1S/C23H28ClN3O4S/c1-4-26(5-2)32(30,31)20-10-11-21-18(14-20)15-22(27(21)16(3)28)23(29)25-13-12-17-6-8-19(24)9-7-17/h6-11,14,22H,4-5,12-13,15H2,1-3H3,(H,25,29)/t22-/m1/s1. The van der Waals surface area contributed by atoms with Gasteiger partial charge in [-0.25, -0.2) is 8.42 Å². The summed E-state index contributed by atoms with van der Waals surface area (Å²) >= 11 is 5.90. The van der Waals surface area contributed by atoms with Crippen molar-refractivity contribution in [3.63, 3.8) is 0 Å². The summed E-state index contributed by atoms with van der Waals surface area (Å²) in [7, 11) is -3.63. The number of halogens is 1. The van der Waals surface area contributed by atoms with Crippen molar-refractivity contribution in [3.05, 3.63) is 58.6 Å². The van der Waals surface area contributed by atoms with Crippen LogP contribution in [0.2, 0.25) is 5.02 Å². The highest BCUT2D eigenvalue weighted by atomic mass is 35.5. The van der Waals surface area contributed by atoms with Gasteiger partial charge in [-0.3, -0.25) is 14.5 Å². The molecule has 2 amide bonds. The minimum absolute atomic E-state index is 0.173. The Kier molecular flexibility index (Phi) is 7.59. The first-order valence-corrected chi connectivity index (χ1v) is 12.5. The van der Waals surface area contributed by atoms with Crippen molar-refractivity contribution in [3.8, 4) is 0 Å². The van der Waals surface area contributed by atoms with E-state index in [1.54, 1.807) is 38.1 Å². The van der Waals surface area contributed by atoms with Crippen LogP contribution in [0, 0.1) is 0 Å². The van der Waals surface area contributed by atoms with Gasteiger partial charge in [-0.05, 0) is 47.9 Å². The Morgan fingerprint density at radius 1 is 1.12 bits per heavy atom. The molecule has 0 aromatic heterocycles. The average molecular weight is 478 g/mol.